The molecule has 12 heavy (non-hydrogen) atoms. The summed E-state index contributed by atoms with van der Waals surface area (Å²) in [4.78, 5) is 0. The molecular weight excluding hydrogens is 199 g/mol. The quantitative estimate of drug-likeness (QED) is 0.799. The average molecular weight is 211 g/mol. The zero-order valence-electron chi connectivity index (χ0n) is 6.50. The Kier molecular flexibility index (Phi) is 5.33. The molecule has 0 fully saturated rings. The monoisotopic (exact) mass is 210 g/mol. The standard InChI is InChI=1S/C7H11ClN2O.ClH/c8-7-2-1-6(11-7)5(10)3-4-9;/h1-2,5H,3-4,9-10H2;1H/t5-;/m1./s1. The second-order valence-electron chi connectivity index (χ2n) is 2.33. The molecule has 0 spiro atoms. The number of nitrogens with two attached hydrogens (primary N) is 2. The minimum atomic E-state index is -0.132. The first kappa shape index (κ1) is 11.8. The van der Waals surface area contributed by atoms with E-state index in [2.05, 4.69) is 0 Å². The second kappa shape index (κ2) is 5.43. The third-order valence-corrected chi connectivity index (χ3v) is 1.64. The lowest BCUT2D eigenvalue weighted by Gasteiger charge is -2.04. The van der Waals surface area contributed by atoms with E-state index in [4.69, 9.17) is 27.5 Å². The normalized spacial score (nSPS) is 12.2. The SMILES string of the molecule is Cl.NCC[C@@H](N)c1ccc(Cl)o1. The van der Waals surface area contributed by atoms with Gasteiger partial charge in [0.2, 0.25) is 0 Å². The van der Waals surface area contributed by atoms with E-state index in [1.54, 1.807) is 12.1 Å². The summed E-state index contributed by atoms with van der Waals surface area (Å²) < 4.78 is 5.08. The van der Waals surface area contributed by atoms with Crippen LogP contribution in [0.4, 0.5) is 0 Å². The van der Waals surface area contributed by atoms with Crippen molar-refractivity contribution in [2.24, 2.45) is 11.5 Å². The van der Waals surface area contributed by atoms with Crippen LogP contribution in [-0.2, 0) is 0 Å². The molecule has 1 aromatic rings. The largest absolute Gasteiger partial charge is 0.448 e. The zero-order valence-corrected chi connectivity index (χ0v) is 8.07. The molecule has 70 valence electrons. The Balaban J connectivity index is 0.00000121. The highest BCUT2D eigenvalue weighted by molar-refractivity contribution is 6.28. The first-order valence-corrected chi connectivity index (χ1v) is 3.82. The number of hydrogen-bond donors (Lipinski definition) is 2. The van der Waals surface area contributed by atoms with Crippen LogP contribution in [0.25, 0.3) is 0 Å². The van der Waals surface area contributed by atoms with Crippen molar-refractivity contribution in [2.75, 3.05) is 6.54 Å². The molecule has 0 aromatic carbocycles. The van der Waals surface area contributed by atoms with E-state index >= 15 is 0 Å². The van der Waals surface area contributed by atoms with E-state index in [0.717, 1.165) is 0 Å². The molecule has 1 atom stereocenters. The maximum atomic E-state index is 5.69. The van der Waals surface area contributed by atoms with Crippen molar-refractivity contribution in [3.8, 4) is 0 Å². The van der Waals surface area contributed by atoms with Crippen molar-refractivity contribution >= 4 is 24.0 Å². The molecule has 0 aliphatic carbocycles. The van der Waals surface area contributed by atoms with Gasteiger partial charge in [-0.05, 0) is 36.7 Å². The zero-order chi connectivity index (χ0) is 8.27. The van der Waals surface area contributed by atoms with Crippen molar-refractivity contribution in [2.45, 2.75) is 12.5 Å². The Hall–Kier alpha value is -0.220. The number of furan rings is 1. The fraction of sp³-hybridized carbons (Fsp3) is 0.429. The van der Waals surface area contributed by atoms with Gasteiger partial charge in [-0.2, -0.15) is 0 Å². The van der Waals surface area contributed by atoms with Gasteiger partial charge in [-0.25, -0.2) is 0 Å². The van der Waals surface area contributed by atoms with Crippen LogP contribution in [0.1, 0.15) is 18.2 Å². The van der Waals surface area contributed by atoms with Crippen LogP contribution in [0.5, 0.6) is 0 Å². The van der Waals surface area contributed by atoms with E-state index in [-0.39, 0.29) is 18.4 Å². The molecule has 5 heteroatoms. The lowest BCUT2D eigenvalue weighted by Crippen LogP contribution is -2.14. The molecule has 0 saturated heterocycles. The van der Waals surface area contributed by atoms with Gasteiger partial charge in [-0.1, -0.05) is 0 Å². The van der Waals surface area contributed by atoms with Gasteiger partial charge in [0.25, 0.3) is 0 Å². The van der Waals surface area contributed by atoms with Gasteiger partial charge in [0, 0.05) is 0 Å². The molecule has 0 bridgehead atoms. The average Bonchev–Trinajstić information content (AvgIpc) is 2.36. The maximum Gasteiger partial charge on any atom is 0.193 e. The van der Waals surface area contributed by atoms with Gasteiger partial charge in [-0.3, -0.25) is 0 Å². The summed E-state index contributed by atoms with van der Waals surface area (Å²) >= 11 is 5.55. The van der Waals surface area contributed by atoms with Crippen LogP contribution in [0, 0.1) is 0 Å². The lowest BCUT2D eigenvalue weighted by molar-refractivity contribution is 0.456. The summed E-state index contributed by atoms with van der Waals surface area (Å²) in [5.74, 6) is 0.695. The summed E-state index contributed by atoms with van der Waals surface area (Å²) in [6.07, 6.45) is 0.712. The molecule has 0 amide bonds. The summed E-state index contributed by atoms with van der Waals surface area (Å²) in [5.41, 5.74) is 11.0. The highest BCUT2D eigenvalue weighted by atomic mass is 35.5. The Labute approximate surface area is 82.5 Å². The van der Waals surface area contributed by atoms with Gasteiger partial charge < -0.3 is 15.9 Å². The van der Waals surface area contributed by atoms with Gasteiger partial charge in [0.15, 0.2) is 5.22 Å². The summed E-state index contributed by atoms with van der Waals surface area (Å²) in [7, 11) is 0. The van der Waals surface area contributed by atoms with E-state index in [9.17, 15) is 0 Å². The third-order valence-electron chi connectivity index (χ3n) is 1.44. The van der Waals surface area contributed by atoms with Gasteiger partial charge >= 0.3 is 0 Å². The minimum absolute atomic E-state index is 0. The van der Waals surface area contributed by atoms with E-state index in [1.165, 1.54) is 0 Å². The second-order valence-corrected chi connectivity index (χ2v) is 2.70. The lowest BCUT2D eigenvalue weighted by atomic mass is 10.2. The number of halogens is 2. The summed E-state index contributed by atoms with van der Waals surface area (Å²) in [6, 6.07) is 3.31. The molecule has 1 heterocycles. The van der Waals surface area contributed by atoms with Crippen LogP contribution in [0.2, 0.25) is 5.22 Å². The molecule has 4 N–H and O–H groups in total. The smallest absolute Gasteiger partial charge is 0.193 e. The molecule has 0 aliphatic heterocycles. The van der Waals surface area contributed by atoms with Gasteiger partial charge in [0.1, 0.15) is 5.76 Å². The molecule has 0 aliphatic rings. The maximum absolute atomic E-state index is 5.69. The van der Waals surface area contributed by atoms with E-state index < -0.39 is 0 Å². The number of rotatable bonds is 3. The predicted molar refractivity (Wildman–Crippen MR) is 51.6 cm³/mol. The Morgan fingerprint density at radius 3 is 2.58 bits per heavy atom. The van der Waals surface area contributed by atoms with Crippen LogP contribution in [0.15, 0.2) is 16.5 Å². The van der Waals surface area contributed by atoms with Crippen molar-refractivity contribution in [3.05, 3.63) is 23.1 Å². The van der Waals surface area contributed by atoms with Crippen LogP contribution < -0.4 is 11.5 Å². The van der Waals surface area contributed by atoms with Crippen LogP contribution in [0.3, 0.4) is 0 Å². The fourth-order valence-corrected chi connectivity index (χ4v) is 1.00. The van der Waals surface area contributed by atoms with E-state index in [0.29, 0.717) is 23.9 Å². The fourth-order valence-electron chi connectivity index (χ4n) is 0.849. The van der Waals surface area contributed by atoms with Crippen LogP contribution >= 0.6 is 24.0 Å². The molecule has 0 unspecified atom stereocenters. The Morgan fingerprint density at radius 2 is 2.17 bits per heavy atom. The van der Waals surface area contributed by atoms with Crippen LogP contribution in [-0.4, -0.2) is 6.54 Å². The van der Waals surface area contributed by atoms with Crippen molar-refractivity contribution in [1.29, 1.82) is 0 Å². The summed E-state index contributed by atoms with van der Waals surface area (Å²) in [5, 5.41) is 0.368. The molecule has 3 nitrogen and oxygen atoms in total. The first-order valence-electron chi connectivity index (χ1n) is 3.45. The molecule has 0 radical (unpaired) electrons. The van der Waals surface area contributed by atoms with E-state index in [1.807, 2.05) is 0 Å². The first-order chi connectivity index (χ1) is 5.24. The Bertz CT molecular complexity index is 227. The van der Waals surface area contributed by atoms with Crippen molar-refractivity contribution < 1.29 is 4.42 Å². The van der Waals surface area contributed by atoms with Gasteiger partial charge in [0.05, 0.1) is 6.04 Å². The summed E-state index contributed by atoms with van der Waals surface area (Å²) in [6.45, 7) is 0.555. The Morgan fingerprint density at radius 1 is 1.50 bits per heavy atom. The minimum Gasteiger partial charge on any atom is -0.448 e. The van der Waals surface area contributed by atoms with Crippen molar-refractivity contribution in [3.63, 3.8) is 0 Å². The third kappa shape index (κ3) is 3.03. The molecule has 1 aromatic heterocycles. The molecule has 1 rings (SSSR count). The predicted octanol–water partition coefficient (Wildman–Crippen LogP) is 1.70. The van der Waals surface area contributed by atoms with Crippen molar-refractivity contribution in [1.82, 2.24) is 0 Å². The highest BCUT2D eigenvalue weighted by Gasteiger charge is 2.08. The highest BCUT2D eigenvalue weighted by Crippen LogP contribution is 2.19. The molecule has 0 saturated carbocycles. The number of hydrogen-bond acceptors (Lipinski definition) is 3. The molecular formula is C7H12Cl2N2O. The van der Waals surface area contributed by atoms with Gasteiger partial charge in [-0.15, -0.1) is 12.4 Å². The topological polar surface area (TPSA) is 65.2 Å².